The molecule has 0 aromatic heterocycles. The third-order valence-electron chi connectivity index (χ3n) is 2.74. The van der Waals surface area contributed by atoms with Crippen molar-refractivity contribution in [1.29, 1.82) is 0 Å². The Morgan fingerprint density at radius 3 is 3.00 bits per heavy atom. The van der Waals surface area contributed by atoms with Gasteiger partial charge in [0.15, 0.2) is 0 Å². The second kappa shape index (κ2) is 2.91. The molecule has 0 spiro atoms. The van der Waals surface area contributed by atoms with E-state index in [1.807, 2.05) is 6.20 Å². The number of anilines is 1. The van der Waals surface area contributed by atoms with Crippen LogP contribution in [-0.2, 0) is 6.54 Å². The molecule has 0 saturated heterocycles. The number of nitrogens with one attached hydrogen (secondary N) is 2. The Morgan fingerprint density at radius 1 is 1.07 bits per heavy atom. The first kappa shape index (κ1) is 7.68. The Morgan fingerprint density at radius 2 is 2.00 bits per heavy atom. The first-order valence-electron chi connectivity index (χ1n) is 4.91. The molecular weight excluding hydrogens is 172 g/mol. The fraction of sp³-hybridized carbons (Fsp3) is 0.167. The van der Waals surface area contributed by atoms with Gasteiger partial charge in [-0.2, -0.15) is 0 Å². The van der Waals surface area contributed by atoms with Gasteiger partial charge in [-0.05, 0) is 23.4 Å². The lowest BCUT2D eigenvalue weighted by Gasteiger charge is -2.21. The van der Waals surface area contributed by atoms with Crippen molar-refractivity contribution in [2.45, 2.75) is 6.54 Å². The van der Waals surface area contributed by atoms with Crippen molar-refractivity contribution < 1.29 is 0 Å². The Bertz CT molecular complexity index is 389. The van der Waals surface area contributed by atoms with Gasteiger partial charge in [-0.15, -0.1) is 0 Å². The van der Waals surface area contributed by atoms with Gasteiger partial charge in [0.2, 0.25) is 0 Å². The van der Waals surface area contributed by atoms with Gasteiger partial charge in [-0.3, -0.25) is 0 Å². The van der Waals surface area contributed by atoms with Crippen LogP contribution in [0.2, 0.25) is 0 Å². The first-order valence-corrected chi connectivity index (χ1v) is 4.91. The van der Waals surface area contributed by atoms with E-state index in [4.69, 9.17) is 0 Å². The summed E-state index contributed by atoms with van der Waals surface area (Å²) in [6.07, 6.45) is 8.47. The van der Waals surface area contributed by atoms with E-state index in [0.29, 0.717) is 0 Å². The van der Waals surface area contributed by atoms with Gasteiger partial charge in [0.1, 0.15) is 0 Å². The molecule has 0 unspecified atom stereocenters. The number of hydrogen-bond donors (Lipinski definition) is 2. The van der Waals surface area contributed by atoms with E-state index in [9.17, 15) is 0 Å². The molecule has 2 N–H and O–H groups in total. The third-order valence-corrected chi connectivity index (χ3v) is 2.74. The first-order chi connectivity index (χ1) is 6.95. The molecule has 0 bridgehead atoms. The van der Waals surface area contributed by atoms with Crippen LogP contribution in [0.15, 0.2) is 24.4 Å². The molecule has 1 aromatic carbocycles. The summed E-state index contributed by atoms with van der Waals surface area (Å²) in [7, 11) is 0. The molecule has 3 rings (SSSR count). The molecule has 1 aromatic rings. The zero-order valence-corrected chi connectivity index (χ0v) is 7.88. The van der Waals surface area contributed by atoms with Gasteiger partial charge in [0, 0.05) is 24.3 Å². The lowest BCUT2D eigenvalue weighted by Crippen LogP contribution is -2.15. The summed E-state index contributed by atoms with van der Waals surface area (Å²) in [6, 6.07) is 4.36. The van der Waals surface area contributed by atoms with Crippen molar-refractivity contribution in [2.75, 3.05) is 11.9 Å². The molecule has 0 radical (unpaired) electrons. The summed E-state index contributed by atoms with van der Waals surface area (Å²) in [4.78, 5) is 0. The van der Waals surface area contributed by atoms with E-state index in [1.165, 1.54) is 22.4 Å². The van der Waals surface area contributed by atoms with Gasteiger partial charge >= 0.3 is 0 Å². The monoisotopic (exact) mass is 184 g/mol. The lowest BCUT2D eigenvalue weighted by atomic mass is 9.97. The summed E-state index contributed by atoms with van der Waals surface area (Å²) in [5.41, 5.74) is 5.30. The predicted octanol–water partition coefficient (Wildman–Crippen LogP) is 2.20. The van der Waals surface area contributed by atoms with Crippen LogP contribution in [0, 0.1) is 0 Å². The largest absolute Gasteiger partial charge is 0.387 e. The van der Waals surface area contributed by atoms with Gasteiger partial charge < -0.3 is 10.6 Å². The lowest BCUT2D eigenvalue weighted by molar-refractivity contribution is 0.858. The van der Waals surface area contributed by atoms with E-state index in [1.54, 1.807) is 0 Å². The minimum atomic E-state index is 0.926. The number of benzene rings is 1. The van der Waals surface area contributed by atoms with Crippen molar-refractivity contribution in [3.05, 3.63) is 41.1 Å². The quantitative estimate of drug-likeness (QED) is 0.646. The molecule has 0 saturated carbocycles. The summed E-state index contributed by atoms with van der Waals surface area (Å²) < 4.78 is 0. The van der Waals surface area contributed by atoms with E-state index in [-0.39, 0.29) is 0 Å². The highest BCUT2D eigenvalue weighted by Gasteiger charge is 2.13. The molecule has 2 heterocycles. The summed E-state index contributed by atoms with van der Waals surface area (Å²) in [5.74, 6) is 0. The van der Waals surface area contributed by atoms with Crippen LogP contribution in [0.1, 0.15) is 16.7 Å². The number of fused-ring (bicyclic) bond motifs is 3. The van der Waals surface area contributed by atoms with Crippen LogP contribution in [0.5, 0.6) is 0 Å². The number of rotatable bonds is 0. The molecule has 2 heteroatoms. The van der Waals surface area contributed by atoms with Crippen LogP contribution >= 0.6 is 0 Å². The topological polar surface area (TPSA) is 24.1 Å². The van der Waals surface area contributed by atoms with Crippen molar-refractivity contribution in [3.8, 4) is 0 Å². The maximum Gasteiger partial charge on any atom is 0.0472 e. The Balaban J connectivity index is 2.23. The van der Waals surface area contributed by atoms with E-state index >= 15 is 0 Å². The maximum atomic E-state index is 3.43. The molecule has 2 aliphatic rings. The van der Waals surface area contributed by atoms with Crippen molar-refractivity contribution >= 4 is 17.8 Å². The Labute approximate surface area is 83.3 Å². The van der Waals surface area contributed by atoms with Gasteiger partial charge in [-0.1, -0.05) is 24.3 Å². The Kier molecular flexibility index (Phi) is 1.60. The van der Waals surface area contributed by atoms with Gasteiger partial charge in [0.05, 0.1) is 0 Å². The van der Waals surface area contributed by atoms with Crippen LogP contribution in [0.4, 0.5) is 5.69 Å². The van der Waals surface area contributed by atoms with E-state index in [0.717, 1.165) is 13.1 Å². The molecule has 0 atom stereocenters. The second-order valence-electron chi connectivity index (χ2n) is 3.60. The normalized spacial score (nSPS) is 16.6. The highest BCUT2D eigenvalue weighted by atomic mass is 14.9. The zero-order valence-electron chi connectivity index (χ0n) is 7.88. The molecule has 2 nitrogen and oxygen atoms in total. The Hall–Kier alpha value is -1.70. The van der Waals surface area contributed by atoms with Crippen molar-refractivity contribution in [1.82, 2.24) is 5.32 Å². The minimum Gasteiger partial charge on any atom is -0.387 e. The highest BCUT2D eigenvalue weighted by molar-refractivity contribution is 5.77. The summed E-state index contributed by atoms with van der Waals surface area (Å²) in [6.45, 7) is 1.86. The predicted molar refractivity (Wildman–Crippen MR) is 59.8 cm³/mol. The number of hydrogen-bond acceptors (Lipinski definition) is 2. The fourth-order valence-electron chi connectivity index (χ4n) is 2.03. The molecule has 0 amide bonds. The molecule has 70 valence electrons. The zero-order chi connectivity index (χ0) is 9.38. The molecule has 14 heavy (non-hydrogen) atoms. The van der Waals surface area contributed by atoms with E-state index < -0.39 is 0 Å². The van der Waals surface area contributed by atoms with Gasteiger partial charge in [-0.25, -0.2) is 0 Å². The maximum absolute atomic E-state index is 3.43. The SMILES string of the molecule is C1=Cc2ccc3c(c2NC1)CNC=C3. The molecule has 0 aliphatic carbocycles. The van der Waals surface area contributed by atoms with Crippen molar-refractivity contribution in [3.63, 3.8) is 0 Å². The molecule has 2 aliphatic heterocycles. The summed E-state index contributed by atoms with van der Waals surface area (Å²) >= 11 is 0. The van der Waals surface area contributed by atoms with Gasteiger partial charge in [0.25, 0.3) is 0 Å². The van der Waals surface area contributed by atoms with E-state index in [2.05, 4.69) is 41.0 Å². The molecular formula is C12H12N2. The summed E-state index contributed by atoms with van der Waals surface area (Å²) in [5, 5.41) is 6.68. The fourth-order valence-corrected chi connectivity index (χ4v) is 2.03. The van der Waals surface area contributed by atoms with Crippen molar-refractivity contribution in [2.24, 2.45) is 0 Å². The average Bonchev–Trinajstić information content (AvgIpc) is 2.29. The van der Waals surface area contributed by atoms with Crippen LogP contribution < -0.4 is 10.6 Å². The average molecular weight is 184 g/mol. The van der Waals surface area contributed by atoms with Crippen LogP contribution in [0.3, 0.4) is 0 Å². The van der Waals surface area contributed by atoms with Crippen LogP contribution in [0.25, 0.3) is 12.2 Å². The smallest absolute Gasteiger partial charge is 0.0472 e. The van der Waals surface area contributed by atoms with Crippen LogP contribution in [-0.4, -0.2) is 6.54 Å². The highest BCUT2D eigenvalue weighted by Crippen LogP contribution is 2.30. The third kappa shape index (κ3) is 1.04. The minimum absolute atomic E-state index is 0.926. The molecule has 0 fully saturated rings. The standard InChI is InChI=1S/C12H12N2/c1-2-10-4-3-9-5-7-13-8-11(9)12(10)14-6-1/h1-5,7,13-14H,6,8H2. The second-order valence-corrected chi connectivity index (χ2v) is 3.60.